The fourth-order valence-corrected chi connectivity index (χ4v) is 3.38. The van der Waals surface area contributed by atoms with Gasteiger partial charge in [-0.05, 0) is 19.2 Å². The lowest BCUT2D eigenvalue weighted by atomic mass is 9.88. The zero-order chi connectivity index (χ0) is 22.8. The van der Waals surface area contributed by atoms with Crippen LogP contribution in [0, 0.1) is 0 Å². The summed E-state index contributed by atoms with van der Waals surface area (Å²) in [4.78, 5) is 12.0. The standard InChI is InChI=1S/C17H20F5N5O/c18-12-10(2-1-3-11(12)28)13-25-14(23-8-4-16(19,20)5-8)27-15(26-13)24-9-6-17(21,22)7-9/h8-9,11,28H,1-7H2,(H2,23,24,25,26,27)/i3D2,11D. The molecule has 1 aromatic rings. The van der Waals surface area contributed by atoms with Gasteiger partial charge in [0, 0.05) is 46.1 Å². The first-order chi connectivity index (χ1) is 14.2. The molecule has 0 aromatic carbocycles. The molecule has 1 heterocycles. The summed E-state index contributed by atoms with van der Waals surface area (Å²) in [5, 5.41) is 15.4. The Kier molecular flexibility index (Phi) is 3.84. The number of hydrogen-bond acceptors (Lipinski definition) is 6. The number of allylic oxidation sites excluding steroid dienone is 1. The summed E-state index contributed by atoms with van der Waals surface area (Å²) in [7, 11) is 0. The third-order valence-corrected chi connectivity index (χ3v) is 4.89. The first-order valence-electron chi connectivity index (χ1n) is 10.3. The molecule has 28 heavy (non-hydrogen) atoms. The van der Waals surface area contributed by atoms with Crippen LogP contribution in [-0.2, 0) is 0 Å². The van der Waals surface area contributed by atoms with Crippen molar-refractivity contribution in [3.8, 4) is 0 Å². The second-order valence-electron chi connectivity index (χ2n) is 7.34. The Morgan fingerprint density at radius 2 is 1.46 bits per heavy atom. The highest BCUT2D eigenvalue weighted by Crippen LogP contribution is 2.40. The van der Waals surface area contributed by atoms with Crippen molar-refractivity contribution in [1.29, 1.82) is 0 Å². The molecule has 1 unspecified atom stereocenters. The minimum absolute atomic E-state index is 0.193. The molecule has 2 fully saturated rings. The number of hydrogen-bond donors (Lipinski definition) is 3. The van der Waals surface area contributed by atoms with Crippen LogP contribution in [0.15, 0.2) is 5.83 Å². The molecule has 2 saturated carbocycles. The van der Waals surface area contributed by atoms with Gasteiger partial charge in [-0.15, -0.1) is 0 Å². The maximum Gasteiger partial charge on any atom is 0.252 e. The molecule has 1 atom stereocenters. The topological polar surface area (TPSA) is 83.0 Å². The van der Waals surface area contributed by atoms with Gasteiger partial charge in [0.05, 0.1) is 1.37 Å². The normalized spacial score (nSPS) is 33.1. The van der Waals surface area contributed by atoms with Crippen LogP contribution in [0.5, 0.6) is 0 Å². The van der Waals surface area contributed by atoms with Crippen molar-refractivity contribution in [1.82, 2.24) is 15.0 Å². The Balaban J connectivity index is 1.64. The Labute approximate surface area is 161 Å². The first kappa shape index (κ1) is 15.8. The van der Waals surface area contributed by atoms with Crippen LogP contribution in [0.25, 0.3) is 5.57 Å². The van der Waals surface area contributed by atoms with Gasteiger partial charge in [0.25, 0.3) is 11.8 Å². The molecule has 0 spiro atoms. The Morgan fingerprint density at radius 3 is 1.93 bits per heavy atom. The maximum atomic E-state index is 14.8. The average Bonchev–Trinajstić information content (AvgIpc) is 2.57. The van der Waals surface area contributed by atoms with E-state index in [0.717, 1.165) is 0 Å². The third kappa shape index (κ3) is 4.03. The van der Waals surface area contributed by atoms with Gasteiger partial charge in [0.15, 0.2) is 5.82 Å². The highest BCUT2D eigenvalue weighted by atomic mass is 19.3. The SMILES string of the molecule is [2H]C1([2H])CCC(c2nc(NC3CC(F)(F)C3)nc(NC3CC(F)(F)C3)n2)=C(F)C1([2H])O. The predicted octanol–water partition coefficient (Wildman–Crippen LogP) is 3.52. The van der Waals surface area contributed by atoms with E-state index in [0.29, 0.717) is 0 Å². The van der Waals surface area contributed by atoms with Crippen LogP contribution in [-0.4, -0.2) is 50.1 Å². The molecule has 0 aliphatic heterocycles. The van der Waals surface area contributed by atoms with Crippen molar-refractivity contribution in [2.24, 2.45) is 0 Å². The number of halogens is 5. The van der Waals surface area contributed by atoms with E-state index in [-0.39, 0.29) is 29.7 Å². The number of nitrogens with zero attached hydrogens (tertiary/aromatic N) is 3. The van der Waals surface area contributed by atoms with Crippen molar-refractivity contribution >= 4 is 17.5 Å². The fourth-order valence-electron chi connectivity index (χ4n) is 3.38. The van der Waals surface area contributed by atoms with E-state index in [9.17, 15) is 27.1 Å². The fraction of sp³-hybridized carbons (Fsp3) is 0.706. The summed E-state index contributed by atoms with van der Waals surface area (Å²) in [6, 6.07) is -1.31. The Bertz CT molecular complexity index is 869. The Morgan fingerprint density at radius 1 is 0.964 bits per heavy atom. The smallest absolute Gasteiger partial charge is 0.252 e. The van der Waals surface area contributed by atoms with E-state index in [1.807, 2.05) is 0 Å². The highest BCUT2D eigenvalue weighted by Gasteiger charge is 2.46. The molecule has 3 aliphatic carbocycles. The number of rotatable bonds is 5. The second-order valence-corrected chi connectivity index (χ2v) is 7.34. The molecular weight excluding hydrogens is 385 g/mol. The number of nitrogens with one attached hydrogen (secondary N) is 2. The summed E-state index contributed by atoms with van der Waals surface area (Å²) < 4.78 is 90.3. The van der Waals surface area contributed by atoms with Crippen molar-refractivity contribution in [2.75, 3.05) is 10.6 Å². The number of alkyl halides is 4. The van der Waals surface area contributed by atoms with E-state index in [1.54, 1.807) is 0 Å². The Hall–Kier alpha value is -2.04. The van der Waals surface area contributed by atoms with Crippen LogP contribution in [0.3, 0.4) is 0 Å². The summed E-state index contributed by atoms with van der Waals surface area (Å²) >= 11 is 0. The molecule has 6 nitrogen and oxygen atoms in total. The summed E-state index contributed by atoms with van der Waals surface area (Å²) in [6.07, 6.45) is -8.21. The molecular formula is C17H20F5N5O. The van der Waals surface area contributed by atoms with Gasteiger partial charge in [-0.25, -0.2) is 22.0 Å². The maximum absolute atomic E-state index is 14.8. The monoisotopic (exact) mass is 408 g/mol. The number of anilines is 2. The van der Waals surface area contributed by atoms with Crippen molar-refractivity contribution < 1.29 is 31.2 Å². The molecule has 11 heteroatoms. The third-order valence-electron chi connectivity index (χ3n) is 4.89. The largest absolute Gasteiger partial charge is 0.386 e. The van der Waals surface area contributed by atoms with Crippen molar-refractivity contribution in [3.63, 3.8) is 0 Å². The minimum atomic E-state index is -3.17. The molecule has 4 rings (SSSR count). The zero-order valence-electron chi connectivity index (χ0n) is 17.6. The molecule has 0 amide bonds. The zero-order valence-corrected chi connectivity index (χ0v) is 14.6. The van der Waals surface area contributed by atoms with Crippen LogP contribution in [0.4, 0.5) is 33.8 Å². The molecule has 3 aliphatic rings. The van der Waals surface area contributed by atoms with E-state index < -0.39 is 74.3 Å². The number of aromatic nitrogens is 3. The van der Waals surface area contributed by atoms with E-state index in [2.05, 4.69) is 25.6 Å². The lowest BCUT2D eigenvalue weighted by Crippen LogP contribution is -2.45. The summed E-state index contributed by atoms with van der Waals surface area (Å²) in [6.45, 7) is 0. The van der Waals surface area contributed by atoms with Gasteiger partial charge in [-0.1, -0.05) is 0 Å². The predicted molar refractivity (Wildman–Crippen MR) is 90.9 cm³/mol. The van der Waals surface area contributed by atoms with E-state index >= 15 is 0 Å². The van der Waals surface area contributed by atoms with Crippen molar-refractivity contribution in [2.45, 2.75) is 74.9 Å². The summed E-state index contributed by atoms with van der Waals surface area (Å²) in [5.74, 6) is -7.84. The van der Waals surface area contributed by atoms with Gasteiger partial charge < -0.3 is 15.7 Å². The minimum Gasteiger partial charge on any atom is -0.386 e. The van der Waals surface area contributed by atoms with Crippen LogP contribution >= 0.6 is 0 Å². The molecule has 1 aromatic heterocycles. The quantitative estimate of drug-likeness (QED) is 0.647. The van der Waals surface area contributed by atoms with Gasteiger partial charge >= 0.3 is 0 Å². The van der Waals surface area contributed by atoms with Gasteiger partial charge in [0.1, 0.15) is 11.9 Å². The second kappa shape index (κ2) is 6.78. The highest BCUT2D eigenvalue weighted by molar-refractivity contribution is 5.65. The van der Waals surface area contributed by atoms with Gasteiger partial charge in [0.2, 0.25) is 11.9 Å². The van der Waals surface area contributed by atoms with Crippen LogP contribution in [0.1, 0.15) is 54.8 Å². The molecule has 154 valence electrons. The van der Waals surface area contributed by atoms with E-state index in [1.165, 1.54) is 0 Å². The molecule has 3 N–H and O–H groups in total. The molecule has 0 saturated heterocycles. The van der Waals surface area contributed by atoms with Crippen molar-refractivity contribution in [3.05, 3.63) is 11.7 Å². The first-order valence-corrected chi connectivity index (χ1v) is 8.84. The van der Waals surface area contributed by atoms with Gasteiger partial charge in [-0.2, -0.15) is 15.0 Å². The van der Waals surface area contributed by atoms with Crippen LogP contribution in [0.2, 0.25) is 0 Å². The molecule has 0 bridgehead atoms. The van der Waals surface area contributed by atoms with E-state index in [4.69, 9.17) is 4.11 Å². The summed E-state index contributed by atoms with van der Waals surface area (Å²) in [5.41, 5.74) is -0.334. The van der Waals surface area contributed by atoms with Crippen LogP contribution < -0.4 is 10.6 Å². The lowest BCUT2D eigenvalue weighted by Gasteiger charge is -2.36. The average molecular weight is 408 g/mol. The lowest BCUT2D eigenvalue weighted by molar-refractivity contribution is -0.0799. The number of aliphatic hydroxyl groups is 1. The van der Waals surface area contributed by atoms with Gasteiger partial charge in [-0.3, -0.25) is 0 Å². The molecule has 0 radical (unpaired) electrons.